The molecule has 2 aromatic rings. The van der Waals surface area contributed by atoms with Gasteiger partial charge in [-0.05, 0) is 30.7 Å². The lowest BCUT2D eigenvalue weighted by molar-refractivity contribution is -0.384. The number of phenols is 1. The van der Waals surface area contributed by atoms with E-state index in [4.69, 9.17) is 0 Å². The van der Waals surface area contributed by atoms with Crippen molar-refractivity contribution in [3.63, 3.8) is 0 Å². The Morgan fingerprint density at radius 1 is 1.37 bits per heavy atom. The van der Waals surface area contributed by atoms with Gasteiger partial charge in [0, 0.05) is 6.20 Å². The Morgan fingerprint density at radius 2 is 2.16 bits per heavy atom. The number of aromatic nitrogens is 1. The van der Waals surface area contributed by atoms with E-state index in [9.17, 15) is 15.2 Å². The molecule has 6 nitrogen and oxygen atoms in total. The van der Waals surface area contributed by atoms with Gasteiger partial charge in [0.2, 0.25) is 0 Å². The topological polar surface area (TPSA) is 88.3 Å². The summed E-state index contributed by atoms with van der Waals surface area (Å²) in [5, 5.41) is 23.1. The molecule has 0 unspecified atom stereocenters. The van der Waals surface area contributed by atoms with E-state index in [1.807, 2.05) is 19.1 Å². The zero-order valence-electron chi connectivity index (χ0n) is 10.3. The lowest BCUT2D eigenvalue weighted by Gasteiger charge is -2.07. The van der Waals surface area contributed by atoms with Crippen LogP contribution < -0.4 is 5.32 Å². The molecule has 1 heterocycles. The number of benzene rings is 1. The summed E-state index contributed by atoms with van der Waals surface area (Å²) in [6.07, 6.45) is 1.74. The largest absolute Gasteiger partial charge is 0.508 e. The molecule has 0 atom stereocenters. The zero-order valence-corrected chi connectivity index (χ0v) is 10.3. The molecule has 1 aromatic heterocycles. The number of aromatic hydroxyl groups is 1. The monoisotopic (exact) mass is 259 g/mol. The van der Waals surface area contributed by atoms with Crippen LogP contribution in [0.1, 0.15) is 11.3 Å². The summed E-state index contributed by atoms with van der Waals surface area (Å²) in [5.41, 5.74) is 2.03. The van der Waals surface area contributed by atoms with E-state index >= 15 is 0 Å². The predicted octanol–water partition coefficient (Wildman–Crippen LogP) is 2.62. The first-order valence-corrected chi connectivity index (χ1v) is 5.69. The predicted molar refractivity (Wildman–Crippen MR) is 71.1 cm³/mol. The minimum atomic E-state index is -0.537. The Kier molecular flexibility index (Phi) is 3.61. The number of aryl methyl sites for hydroxylation is 1. The van der Waals surface area contributed by atoms with Crippen molar-refractivity contribution < 1.29 is 10.0 Å². The second kappa shape index (κ2) is 5.34. The van der Waals surface area contributed by atoms with Crippen LogP contribution in [0.3, 0.4) is 0 Å². The molecule has 2 N–H and O–H groups in total. The highest BCUT2D eigenvalue weighted by Gasteiger charge is 2.14. The van der Waals surface area contributed by atoms with E-state index in [1.54, 1.807) is 6.20 Å². The van der Waals surface area contributed by atoms with Gasteiger partial charge in [-0.3, -0.25) is 15.1 Å². The van der Waals surface area contributed by atoms with Crippen molar-refractivity contribution in [1.82, 2.24) is 4.98 Å². The molecule has 0 aliphatic heterocycles. The molecule has 98 valence electrons. The molecular formula is C13H13N3O3. The van der Waals surface area contributed by atoms with Crippen molar-refractivity contribution in [2.24, 2.45) is 0 Å². The molecule has 1 aromatic carbocycles. The van der Waals surface area contributed by atoms with E-state index in [0.717, 1.165) is 17.3 Å². The van der Waals surface area contributed by atoms with Gasteiger partial charge in [0.15, 0.2) is 0 Å². The number of nitrogens with one attached hydrogen (secondary N) is 1. The first-order valence-electron chi connectivity index (χ1n) is 5.69. The zero-order chi connectivity index (χ0) is 13.8. The Morgan fingerprint density at radius 3 is 2.79 bits per heavy atom. The van der Waals surface area contributed by atoms with Crippen molar-refractivity contribution in [3.05, 3.63) is 57.9 Å². The van der Waals surface area contributed by atoms with Crippen LogP contribution in [0.4, 0.5) is 11.4 Å². The Bertz CT molecular complexity index is 597. The number of anilines is 1. The van der Waals surface area contributed by atoms with Crippen molar-refractivity contribution in [2.45, 2.75) is 13.5 Å². The van der Waals surface area contributed by atoms with Gasteiger partial charge in [0.25, 0.3) is 5.69 Å². The van der Waals surface area contributed by atoms with Crippen molar-refractivity contribution in [2.75, 3.05) is 5.32 Å². The average molecular weight is 259 g/mol. The van der Waals surface area contributed by atoms with Crippen LogP contribution in [-0.4, -0.2) is 15.0 Å². The van der Waals surface area contributed by atoms with Gasteiger partial charge in [-0.15, -0.1) is 0 Å². The summed E-state index contributed by atoms with van der Waals surface area (Å²) in [7, 11) is 0. The molecule has 0 aliphatic carbocycles. The minimum absolute atomic E-state index is 0.134. The maximum Gasteiger partial charge on any atom is 0.296 e. The molecule has 6 heteroatoms. The Balaban J connectivity index is 2.15. The summed E-state index contributed by atoms with van der Waals surface area (Å²) in [6, 6.07) is 7.77. The molecule has 0 spiro atoms. The van der Waals surface area contributed by atoms with Crippen molar-refractivity contribution in [1.29, 1.82) is 0 Å². The highest BCUT2D eigenvalue weighted by molar-refractivity contribution is 5.63. The smallest absolute Gasteiger partial charge is 0.296 e. The molecular weight excluding hydrogens is 246 g/mol. The third-order valence-corrected chi connectivity index (χ3v) is 2.61. The quantitative estimate of drug-likeness (QED) is 0.500. The van der Waals surface area contributed by atoms with Gasteiger partial charge in [-0.25, -0.2) is 0 Å². The fourth-order valence-electron chi connectivity index (χ4n) is 1.61. The fraction of sp³-hybridized carbons (Fsp3) is 0.154. The summed E-state index contributed by atoms with van der Waals surface area (Å²) >= 11 is 0. The number of nitro benzene ring substituents is 1. The van der Waals surface area contributed by atoms with Crippen LogP contribution >= 0.6 is 0 Å². The summed E-state index contributed by atoms with van der Waals surface area (Å²) in [6.45, 7) is 2.32. The normalized spacial score (nSPS) is 10.2. The Labute approximate surface area is 109 Å². The van der Waals surface area contributed by atoms with E-state index in [0.29, 0.717) is 12.2 Å². The molecule has 2 rings (SSSR count). The van der Waals surface area contributed by atoms with Crippen LogP contribution in [0.5, 0.6) is 5.75 Å². The third-order valence-electron chi connectivity index (χ3n) is 2.61. The van der Waals surface area contributed by atoms with Gasteiger partial charge >= 0.3 is 0 Å². The second-order valence-electron chi connectivity index (χ2n) is 4.14. The molecule has 19 heavy (non-hydrogen) atoms. The van der Waals surface area contributed by atoms with Gasteiger partial charge in [-0.2, -0.15) is 0 Å². The van der Waals surface area contributed by atoms with E-state index < -0.39 is 4.92 Å². The number of hydrogen-bond donors (Lipinski definition) is 2. The first kappa shape index (κ1) is 12.8. The maximum atomic E-state index is 10.9. The SMILES string of the molecule is Cc1ccc(CNc2ccc(O)cc2[N+](=O)[O-])nc1. The number of phenolic OH excluding ortho intramolecular Hbond substituents is 1. The van der Waals surface area contributed by atoms with Crippen LogP contribution in [0.25, 0.3) is 0 Å². The summed E-state index contributed by atoms with van der Waals surface area (Å²) < 4.78 is 0. The number of pyridine rings is 1. The first-order chi connectivity index (χ1) is 9.06. The molecule has 0 fully saturated rings. The number of hydrogen-bond acceptors (Lipinski definition) is 5. The molecule has 0 amide bonds. The third kappa shape index (κ3) is 3.19. The average Bonchev–Trinajstić information content (AvgIpc) is 2.39. The lowest BCUT2D eigenvalue weighted by Crippen LogP contribution is -2.04. The van der Waals surface area contributed by atoms with E-state index in [-0.39, 0.29) is 11.4 Å². The highest BCUT2D eigenvalue weighted by atomic mass is 16.6. The molecule has 0 aliphatic rings. The highest BCUT2D eigenvalue weighted by Crippen LogP contribution is 2.28. The van der Waals surface area contributed by atoms with Crippen LogP contribution in [0, 0.1) is 17.0 Å². The van der Waals surface area contributed by atoms with E-state index in [2.05, 4.69) is 10.3 Å². The lowest BCUT2D eigenvalue weighted by atomic mass is 10.2. The summed E-state index contributed by atoms with van der Waals surface area (Å²) in [4.78, 5) is 14.5. The molecule has 0 saturated carbocycles. The van der Waals surface area contributed by atoms with Crippen LogP contribution in [0.2, 0.25) is 0 Å². The van der Waals surface area contributed by atoms with Gasteiger partial charge in [0.1, 0.15) is 11.4 Å². The number of nitro groups is 1. The summed E-state index contributed by atoms with van der Waals surface area (Å²) in [5.74, 6) is -0.134. The standard InChI is InChI=1S/C13H13N3O3/c1-9-2-3-10(14-7-9)8-15-12-5-4-11(17)6-13(12)16(18)19/h2-7,15,17H,8H2,1H3. The van der Waals surface area contributed by atoms with E-state index in [1.165, 1.54) is 12.1 Å². The number of rotatable bonds is 4. The Hall–Kier alpha value is -2.63. The van der Waals surface area contributed by atoms with Crippen LogP contribution in [0.15, 0.2) is 36.5 Å². The fourth-order valence-corrected chi connectivity index (χ4v) is 1.61. The molecule has 0 bridgehead atoms. The number of nitrogens with zero attached hydrogens (tertiary/aromatic N) is 2. The minimum Gasteiger partial charge on any atom is -0.508 e. The van der Waals surface area contributed by atoms with Gasteiger partial charge in [0.05, 0.1) is 23.2 Å². The maximum absolute atomic E-state index is 10.9. The van der Waals surface area contributed by atoms with Gasteiger partial charge in [-0.1, -0.05) is 6.07 Å². The second-order valence-corrected chi connectivity index (χ2v) is 4.14. The van der Waals surface area contributed by atoms with Crippen molar-refractivity contribution in [3.8, 4) is 5.75 Å². The van der Waals surface area contributed by atoms with Crippen molar-refractivity contribution >= 4 is 11.4 Å². The molecule has 0 saturated heterocycles. The van der Waals surface area contributed by atoms with Gasteiger partial charge < -0.3 is 10.4 Å². The molecule has 0 radical (unpaired) electrons. The van der Waals surface area contributed by atoms with Crippen LogP contribution in [-0.2, 0) is 6.54 Å².